The molecule has 0 N–H and O–H groups in total. The fourth-order valence-electron chi connectivity index (χ4n) is 2.13. The van der Waals surface area contributed by atoms with E-state index in [4.69, 9.17) is 0 Å². The molecule has 0 aromatic heterocycles. The molecule has 0 heterocycles. The first-order chi connectivity index (χ1) is 16.0. The minimum atomic E-state index is -8.71. The average Bonchev–Trinajstić information content (AvgIpc) is 2.71. The molecule has 4 nitrogen and oxygen atoms in total. The third-order valence-electron chi connectivity index (χ3n) is 4.12. The molecule has 0 saturated heterocycles. The van der Waals surface area contributed by atoms with Crippen LogP contribution in [0.25, 0.3) is 0 Å². The van der Waals surface area contributed by atoms with Crippen LogP contribution in [-0.4, -0.2) is 54.6 Å². The minimum absolute atomic E-state index is 0. The summed E-state index contributed by atoms with van der Waals surface area (Å²) in [7, 11) is -5.60. The predicted molar refractivity (Wildman–Crippen MR) is 80.0 cm³/mol. The van der Waals surface area contributed by atoms with Crippen molar-refractivity contribution >= 4 is 10.1 Å². The van der Waals surface area contributed by atoms with E-state index in [0.29, 0.717) is 0 Å². The van der Waals surface area contributed by atoms with E-state index in [1.54, 1.807) is 0 Å². The summed E-state index contributed by atoms with van der Waals surface area (Å²) in [6.45, 7) is 0. The van der Waals surface area contributed by atoms with Crippen LogP contribution in [0.1, 0.15) is 0 Å². The van der Waals surface area contributed by atoms with Crippen LogP contribution in [-0.2, 0) is 10.1 Å². The Morgan fingerprint density at radius 3 is 1.47 bits per heavy atom. The van der Waals surface area contributed by atoms with Gasteiger partial charge in [-0.1, -0.05) is 6.07 Å². The van der Waals surface area contributed by atoms with Crippen LogP contribution in [0.2, 0.25) is 0 Å². The minimum Gasteiger partial charge on any atom is -0.744 e. The van der Waals surface area contributed by atoms with Gasteiger partial charge in [-0.05, 0) is 18.2 Å². The summed E-state index contributed by atoms with van der Waals surface area (Å²) in [5.74, 6) is -57.1. The van der Waals surface area contributed by atoms with Gasteiger partial charge in [-0.3, -0.25) is 0 Å². The molecule has 0 radical (unpaired) electrons. The van der Waals surface area contributed by atoms with Crippen molar-refractivity contribution in [2.24, 2.45) is 0 Å². The van der Waals surface area contributed by atoms with Crippen molar-refractivity contribution in [1.29, 1.82) is 0 Å². The van der Waals surface area contributed by atoms with Gasteiger partial charge < -0.3 is 9.29 Å². The molecule has 0 aliphatic rings. The van der Waals surface area contributed by atoms with E-state index in [9.17, 15) is 87.6 Å². The monoisotopic (exact) mass is 626 g/mol. The van der Waals surface area contributed by atoms with Gasteiger partial charge in [0, 0.05) is 0 Å². The number of benzene rings is 1. The molecule has 0 unspecified atom stereocenters. The van der Waals surface area contributed by atoms with E-state index in [1.165, 1.54) is 0 Å². The predicted octanol–water partition coefficient (Wildman–Crippen LogP) is 3.46. The van der Waals surface area contributed by atoms with Crippen LogP contribution in [0.5, 0.6) is 5.75 Å². The molecule has 0 amide bonds. The molecule has 214 valence electrons. The number of rotatable bonds is 10. The van der Waals surface area contributed by atoms with Crippen LogP contribution in [0.3, 0.4) is 0 Å². The Hall–Kier alpha value is -1.52. The van der Waals surface area contributed by atoms with Gasteiger partial charge in [-0.25, -0.2) is 8.42 Å². The fourth-order valence-corrected chi connectivity index (χ4v) is 2.64. The number of hydrogen-bond donors (Lipinski definition) is 0. The Morgan fingerprint density at radius 1 is 0.684 bits per heavy atom. The maximum Gasteiger partial charge on any atom is 1.00 e. The molecule has 0 spiro atoms. The summed E-state index contributed by atoms with van der Waals surface area (Å²) in [6, 6.07) is 0.0975. The molecule has 0 atom stereocenters. The quantitative estimate of drug-likeness (QED) is 0.227. The summed E-state index contributed by atoms with van der Waals surface area (Å²) >= 11 is 0. The van der Waals surface area contributed by atoms with E-state index in [0.717, 1.165) is 0 Å². The maximum absolute atomic E-state index is 13.7. The third kappa shape index (κ3) is 5.55. The van der Waals surface area contributed by atoms with Crippen LogP contribution < -0.4 is 34.3 Å². The zero-order valence-electron chi connectivity index (χ0n) is 17.3. The fraction of sp³-hybridized carbons (Fsp3) is 0.467. The van der Waals surface area contributed by atoms with Crippen LogP contribution in [0.4, 0.5) is 74.6 Å². The number of ether oxygens (including phenoxy) is 1. The Morgan fingerprint density at radius 2 is 1.08 bits per heavy atom. The summed E-state index contributed by atoms with van der Waals surface area (Å²) < 4.78 is 261. The van der Waals surface area contributed by atoms with Crippen LogP contribution in [0, 0.1) is 0 Å². The molecule has 1 rings (SSSR count). The standard InChI is InChI=1S/C15H5F17O4S.Na/c16-7(8(17)18)9(19,20)10(21,22)11(23,24)12(25,26)13(27,28)14(29,30)15(31,32)36-5-2-1-3-6(4-5)37(33,34)35;/h1-4H,(H,33,34,35);/q;+1/p-1. The molecular formula is C15H4F17NaO4S. The Bertz CT molecular complexity index is 1160. The molecule has 1 aromatic rings. The number of allylic oxidation sites excluding steroid dienone is 1. The van der Waals surface area contributed by atoms with Crippen molar-refractivity contribution in [1.82, 2.24) is 0 Å². The molecule has 1 aromatic carbocycles. The van der Waals surface area contributed by atoms with Crippen molar-refractivity contribution in [3.8, 4) is 5.75 Å². The molecular weight excluding hydrogens is 622 g/mol. The molecule has 0 bridgehead atoms. The average molecular weight is 626 g/mol. The van der Waals surface area contributed by atoms with Crippen LogP contribution in [0.15, 0.2) is 41.1 Å². The Balaban J connectivity index is 0.0000137. The van der Waals surface area contributed by atoms with E-state index in [1.807, 2.05) is 0 Å². The smallest absolute Gasteiger partial charge is 0.744 e. The van der Waals surface area contributed by atoms with Gasteiger partial charge >= 0.3 is 77.3 Å². The number of halogens is 17. The first-order valence-electron chi connectivity index (χ1n) is 8.15. The zero-order valence-corrected chi connectivity index (χ0v) is 20.1. The maximum atomic E-state index is 13.7. The van der Waals surface area contributed by atoms with Gasteiger partial charge in [0.2, 0.25) is 5.83 Å². The van der Waals surface area contributed by atoms with Crippen molar-refractivity contribution in [3.63, 3.8) is 0 Å². The summed E-state index contributed by atoms with van der Waals surface area (Å²) in [4.78, 5) is -1.59. The Kier molecular flexibility index (Phi) is 10.0. The second kappa shape index (κ2) is 10.5. The number of hydrogen-bond acceptors (Lipinski definition) is 4. The molecule has 23 heteroatoms. The topological polar surface area (TPSA) is 66.4 Å². The van der Waals surface area contributed by atoms with Crippen molar-refractivity contribution in [3.05, 3.63) is 36.2 Å². The first-order valence-corrected chi connectivity index (χ1v) is 9.55. The summed E-state index contributed by atoms with van der Waals surface area (Å²) in [6.07, 6.45) is -11.8. The van der Waals surface area contributed by atoms with Crippen molar-refractivity contribution < 1.29 is 122 Å². The van der Waals surface area contributed by atoms with E-state index < -0.39 is 80.4 Å². The van der Waals surface area contributed by atoms with Gasteiger partial charge in [0.15, 0.2) is 0 Å². The molecule has 0 aliphatic carbocycles. The van der Waals surface area contributed by atoms with Gasteiger partial charge in [0.05, 0.1) is 4.90 Å². The molecule has 0 fully saturated rings. The normalized spacial score (nSPS) is 14.6. The summed E-state index contributed by atoms with van der Waals surface area (Å²) in [5, 5.41) is 0. The zero-order chi connectivity index (χ0) is 29.8. The first kappa shape index (κ1) is 36.5. The van der Waals surface area contributed by atoms with Crippen molar-refractivity contribution in [2.45, 2.75) is 46.5 Å². The molecule has 0 aliphatic heterocycles. The second-order valence-corrected chi connectivity index (χ2v) is 7.95. The van der Waals surface area contributed by atoms with Gasteiger partial charge in [-0.2, -0.15) is 74.6 Å². The molecule has 0 saturated carbocycles. The van der Waals surface area contributed by atoms with E-state index in [-0.39, 0.29) is 47.8 Å². The SMILES string of the molecule is O=S(=O)([O-])c1cccc(OC(F)(F)C(F)(F)C(F)(F)C(F)(F)C(F)(F)C(F)(F)C(F)(F)C(F)=C(F)F)c1.[Na+]. The van der Waals surface area contributed by atoms with E-state index >= 15 is 0 Å². The second-order valence-electron chi connectivity index (χ2n) is 6.57. The molecule has 38 heavy (non-hydrogen) atoms. The van der Waals surface area contributed by atoms with E-state index in [2.05, 4.69) is 4.74 Å². The van der Waals surface area contributed by atoms with Crippen LogP contribution >= 0.6 is 0 Å². The van der Waals surface area contributed by atoms with Gasteiger partial charge in [0.1, 0.15) is 15.9 Å². The van der Waals surface area contributed by atoms with Gasteiger partial charge in [0.25, 0.3) is 0 Å². The summed E-state index contributed by atoms with van der Waals surface area (Å²) in [5.41, 5.74) is 0. The largest absolute Gasteiger partial charge is 1.00 e. The third-order valence-corrected chi connectivity index (χ3v) is 4.95. The van der Waals surface area contributed by atoms with Gasteiger partial charge in [-0.15, -0.1) is 0 Å². The Labute approximate surface area is 220 Å². The van der Waals surface area contributed by atoms with Crippen molar-refractivity contribution in [2.75, 3.05) is 0 Å². The number of alkyl halides is 14.